The Morgan fingerprint density at radius 3 is 3.50 bits per heavy atom. The van der Waals surface area contributed by atoms with Crippen molar-refractivity contribution in [2.24, 2.45) is 0 Å². The second-order valence-corrected chi connectivity index (χ2v) is 4.11. The maximum atomic E-state index is 4.51. The summed E-state index contributed by atoms with van der Waals surface area (Å²) in [6, 6.07) is 4.87. The van der Waals surface area contributed by atoms with Gasteiger partial charge in [-0.3, -0.25) is 0 Å². The molecule has 2 aliphatic heterocycles. The Hall–Kier alpha value is -1.09. The summed E-state index contributed by atoms with van der Waals surface area (Å²) in [5, 5.41) is 3.49. The van der Waals surface area contributed by atoms with Gasteiger partial charge in [0.2, 0.25) is 0 Å². The Bertz CT molecular complexity index is 337. The van der Waals surface area contributed by atoms with E-state index < -0.39 is 0 Å². The van der Waals surface area contributed by atoms with E-state index >= 15 is 0 Å². The summed E-state index contributed by atoms with van der Waals surface area (Å²) in [6.45, 7) is 3.25. The van der Waals surface area contributed by atoms with Crippen LogP contribution in [0.5, 0.6) is 0 Å². The first kappa shape index (κ1) is 8.24. The molecule has 1 fully saturated rings. The van der Waals surface area contributed by atoms with Crippen molar-refractivity contribution in [2.75, 3.05) is 18.0 Å². The Morgan fingerprint density at radius 2 is 2.50 bits per heavy atom. The molecule has 3 nitrogen and oxygen atoms in total. The van der Waals surface area contributed by atoms with E-state index in [1.54, 1.807) is 0 Å². The molecule has 74 valence electrons. The second kappa shape index (κ2) is 3.24. The van der Waals surface area contributed by atoms with Crippen LogP contribution in [0.1, 0.15) is 18.4 Å². The van der Waals surface area contributed by atoms with Crippen LogP contribution in [0.25, 0.3) is 0 Å². The molecule has 14 heavy (non-hydrogen) atoms. The fourth-order valence-corrected chi connectivity index (χ4v) is 2.53. The van der Waals surface area contributed by atoms with Gasteiger partial charge in [-0.15, -0.1) is 0 Å². The summed E-state index contributed by atoms with van der Waals surface area (Å²) in [6.07, 6.45) is 4.52. The lowest BCUT2D eigenvalue weighted by Crippen LogP contribution is -2.35. The third kappa shape index (κ3) is 1.20. The largest absolute Gasteiger partial charge is 0.352 e. The molecule has 1 N–H and O–H groups in total. The highest BCUT2D eigenvalue weighted by molar-refractivity contribution is 5.49. The molecule has 1 aromatic heterocycles. The van der Waals surface area contributed by atoms with Gasteiger partial charge in [0.15, 0.2) is 0 Å². The first-order chi connectivity index (χ1) is 6.95. The smallest absolute Gasteiger partial charge is 0.133 e. The number of hydrogen-bond donors (Lipinski definition) is 1. The number of pyridine rings is 1. The zero-order chi connectivity index (χ0) is 9.38. The molecule has 0 radical (unpaired) electrons. The third-order valence-electron chi connectivity index (χ3n) is 3.21. The average Bonchev–Trinajstić information content (AvgIpc) is 2.61. The lowest BCUT2D eigenvalue weighted by atomic mass is 10.2. The number of anilines is 1. The van der Waals surface area contributed by atoms with Crippen LogP contribution in [-0.4, -0.2) is 24.1 Å². The van der Waals surface area contributed by atoms with E-state index in [-0.39, 0.29) is 0 Å². The monoisotopic (exact) mass is 189 g/mol. The molecule has 3 heterocycles. The fourth-order valence-electron chi connectivity index (χ4n) is 2.53. The topological polar surface area (TPSA) is 28.2 Å². The van der Waals surface area contributed by atoms with E-state index in [4.69, 9.17) is 0 Å². The minimum absolute atomic E-state index is 0.672. The molecule has 0 spiro atoms. The summed E-state index contributed by atoms with van der Waals surface area (Å²) < 4.78 is 0. The Kier molecular flexibility index (Phi) is 1.91. The molecular weight excluding hydrogens is 174 g/mol. The Labute approximate surface area is 84.1 Å². The summed E-state index contributed by atoms with van der Waals surface area (Å²) in [4.78, 5) is 6.98. The highest BCUT2D eigenvalue weighted by atomic mass is 15.3. The summed E-state index contributed by atoms with van der Waals surface area (Å²) >= 11 is 0. The lowest BCUT2D eigenvalue weighted by Gasteiger charge is -2.23. The van der Waals surface area contributed by atoms with Crippen molar-refractivity contribution < 1.29 is 0 Å². The van der Waals surface area contributed by atoms with E-state index in [1.165, 1.54) is 30.8 Å². The number of fused-ring (bicyclic) bond motifs is 3. The molecule has 3 heteroatoms. The van der Waals surface area contributed by atoms with Crippen molar-refractivity contribution >= 4 is 5.82 Å². The minimum atomic E-state index is 0.672. The van der Waals surface area contributed by atoms with Crippen LogP contribution in [0.3, 0.4) is 0 Å². The summed E-state index contributed by atoms with van der Waals surface area (Å²) in [7, 11) is 0. The number of hydrogen-bond acceptors (Lipinski definition) is 3. The van der Waals surface area contributed by atoms with Gasteiger partial charge in [0.05, 0.1) is 0 Å². The van der Waals surface area contributed by atoms with Crippen LogP contribution in [-0.2, 0) is 6.54 Å². The van der Waals surface area contributed by atoms with E-state index in [2.05, 4.69) is 21.3 Å². The van der Waals surface area contributed by atoms with Crippen molar-refractivity contribution in [3.05, 3.63) is 23.9 Å². The molecule has 0 amide bonds. The highest BCUT2D eigenvalue weighted by Crippen LogP contribution is 2.28. The molecular formula is C11H15N3. The van der Waals surface area contributed by atoms with E-state index in [9.17, 15) is 0 Å². The van der Waals surface area contributed by atoms with Crippen LogP contribution >= 0.6 is 0 Å². The first-order valence-corrected chi connectivity index (χ1v) is 5.36. The Morgan fingerprint density at radius 1 is 1.50 bits per heavy atom. The molecule has 0 unspecified atom stereocenters. The molecule has 0 saturated carbocycles. The maximum absolute atomic E-state index is 4.51. The van der Waals surface area contributed by atoms with Crippen LogP contribution in [0.4, 0.5) is 5.82 Å². The molecule has 3 rings (SSSR count). The molecule has 0 bridgehead atoms. The quantitative estimate of drug-likeness (QED) is 0.663. The van der Waals surface area contributed by atoms with Gasteiger partial charge in [-0.2, -0.15) is 0 Å². The van der Waals surface area contributed by atoms with E-state index in [1.807, 2.05) is 12.3 Å². The maximum Gasteiger partial charge on any atom is 0.133 e. The van der Waals surface area contributed by atoms with Gasteiger partial charge in [-0.1, -0.05) is 6.07 Å². The van der Waals surface area contributed by atoms with Crippen molar-refractivity contribution in [3.8, 4) is 0 Å². The normalized spacial score (nSPS) is 25.4. The molecule has 0 aliphatic carbocycles. The number of rotatable bonds is 0. The molecule has 0 aromatic carbocycles. The second-order valence-electron chi connectivity index (χ2n) is 4.11. The molecule has 2 aliphatic rings. The molecule has 1 atom stereocenters. The fraction of sp³-hybridized carbons (Fsp3) is 0.545. The zero-order valence-corrected chi connectivity index (χ0v) is 8.24. The van der Waals surface area contributed by atoms with Gasteiger partial charge >= 0.3 is 0 Å². The zero-order valence-electron chi connectivity index (χ0n) is 8.24. The lowest BCUT2D eigenvalue weighted by molar-refractivity contribution is 0.592. The summed E-state index contributed by atoms with van der Waals surface area (Å²) in [5.74, 6) is 1.21. The van der Waals surface area contributed by atoms with E-state index in [0.29, 0.717) is 6.04 Å². The van der Waals surface area contributed by atoms with Crippen molar-refractivity contribution in [1.29, 1.82) is 0 Å². The van der Waals surface area contributed by atoms with Gasteiger partial charge in [0.25, 0.3) is 0 Å². The van der Waals surface area contributed by atoms with Gasteiger partial charge in [-0.25, -0.2) is 4.98 Å². The molecule has 1 saturated heterocycles. The van der Waals surface area contributed by atoms with Gasteiger partial charge < -0.3 is 10.2 Å². The number of nitrogens with one attached hydrogen (secondary N) is 1. The van der Waals surface area contributed by atoms with Crippen LogP contribution < -0.4 is 10.2 Å². The number of nitrogens with zero attached hydrogens (tertiary/aromatic N) is 2. The average molecular weight is 189 g/mol. The van der Waals surface area contributed by atoms with Crippen LogP contribution in [0.15, 0.2) is 18.3 Å². The predicted octanol–water partition coefficient (Wildman–Crippen LogP) is 1.15. The third-order valence-corrected chi connectivity index (χ3v) is 3.21. The van der Waals surface area contributed by atoms with Crippen LogP contribution in [0.2, 0.25) is 0 Å². The number of aromatic nitrogens is 1. The standard InChI is InChI=1S/C11H15N3/c1-3-9-7-12-8-10-4-2-6-14(10)11(9)13-5-1/h1,3,5,10,12H,2,4,6-8H2/t10-/m1/s1. The van der Waals surface area contributed by atoms with Gasteiger partial charge in [0.1, 0.15) is 5.82 Å². The Balaban J connectivity index is 2.04. The van der Waals surface area contributed by atoms with Crippen molar-refractivity contribution in [1.82, 2.24) is 10.3 Å². The van der Waals surface area contributed by atoms with Gasteiger partial charge in [0, 0.05) is 37.4 Å². The minimum Gasteiger partial charge on any atom is -0.352 e. The SMILES string of the molecule is c1cnc2c(c1)CNC[C@H]1CCCN21. The van der Waals surface area contributed by atoms with Crippen LogP contribution in [0, 0.1) is 0 Å². The van der Waals surface area contributed by atoms with Crippen molar-refractivity contribution in [2.45, 2.75) is 25.4 Å². The first-order valence-electron chi connectivity index (χ1n) is 5.36. The molecule has 1 aromatic rings. The predicted molar refractivity (Wildman–Crippen MR) is 56.3 cm³/mol. The van der Waals surface area contributed by atoms with Gasteiger partial charge in [-0.05, 0) is 18.9 Å². The summed E-state index contributed by atoms with van der Waals surface area (Å²) in [5.41, 5.74) is 1.34. The van der Waals surface area contributed by atoms with Crippen molar-refractivity contribution in [3.63, 3.8) is 0 Å². The highest BCUT2D eigenvalue weighted by Gasteiger charge is 2.28. The van der Waals surface area contributed by atoms with E-state index in [0.717, 1.165) is 13.1 Å².